The van der Waals surface area contributed by atoms with Crippen LogP contribution in [0, 0.1) is 0 Å². The third-order valence-corrected chi connectivity index (χ3v) is 5.98. The fraction of sp³-hybridized carbons (Fsp3) is 0.217. The second-order valence-corrected chi connectivity index (χ2v) is 9.01. The predicted octanol–water partition coefficient (Wildman–Crippen LogP) is 5.50. The molecule has 33 heavy (non-hydrogen) atoms. The average Bonchev–Trinajstić information content (AvgIpc) is 2.94. The highest BCUT2D eigenvalue weighted by Crippen LogP contribution is 2.39. The number of nitrogens with zero attached hydrogens (tertiary/aromatic N) is 4. The van der Waals surface area contributed by atoms with Crippen LogP contribution in [0.15, 0.2) is 71.9 Å². The van der Waals surface area contributed by atoms with E-state index in [1.807, 2.05) is 18.2 Å². The first-order valence-corrected chi connectivity index (χ1v) is 10.8. The summed E-state index contributed by atoms with van der Waals surface area (Å²) in [6, 6.07) is 13.7. The summed E-state index contributed by atoms with van der Waals surface area (Å²) in [6.45, 7) is 3.43. The molecule has 10 heteroatoms. The molecule has 3 aromatic rings. The molecule has 1 saturated heterocycles. The van der Waals surface area contributed by atoms with Gasteiger partial charge in [-0.05, 0) is 79.7 Å². The molecule has 3 amide bonds. The number of benzene rings is 1. The summed E-state index contributed by atoms with van der Waals surface area (Å²) in [5, 5.41) is 0. The lowest BCUT2D eigenvalue weighted by molar-refractivity contribution is -0.123. The Bertz CT molecular complexity index is 1180. The summed E-state index contributed by atoms with van der Waals surface area (Å²) in [5.41, 5.74) is -3.27. The van der Waals surface area contributed by atoms with Gasteiger partial charge in [0, 0.05) is 23.8 Å². The predicted molar refractivity (Wildman–Crippen MR) is 118 cm³/mol. The molecule has 3 heterocycles. The molecule has 0 radical (unpaired) electrons. The monoisotopic (exact) mass is 472 g/mol. The van der Waals surface area contributed by atoms with Gasteiger partial charge in [-0.15, -0.1) is 0 Å². The van der Waals surface area contributed by atoms with Gasteiger partial charge in [0.15, 0.2) is 0 Å². The number of carbonyl (C=O) groups excluding carboxylic acids is 2. The van der Waals surface area contributed by atoms with E-state index in [0.29, 0.717) is 11.4 Å². The van der Waals surface area contributed by atoms with Crippen molar-refractivity contribution in [1.29, 1.82) is 0 Å². The highest BCUT2D eigenvalue weighted by atomic mass is 32.2. The van der Waals surface area contributed by atoms with Crippen molar-refractivity contribution in [3.05, 3.63) is 72.6 Å². The minimum absolute atomic E-state index is 0.0275. The van der Waals surface area contributed by atoms with Crippen LogP contribution in [0.2, 0.25) is 0 Å². The van der Waals surface area contributed by atoms with Crippen LogP contribution in [0.4, 0.5) is 23.7 Å². The van der Waals surface area contributed by atoms with Crippen LogP contribution in [-0.4, -0.2) is 37.9 Å². The number of imide groups is 1. The second-order valence-electron chi connectivity index (χ2n) is 7.87. The van der Waals surface area contributed by atoms with Crippen LogP contribution >= 0.6 is 11.8 Å². The molecule has 6 nitrogen and oxygen atoms in total. The molecule has 0 unspecified atom stereocenters. The van der Waals surface area contributed by atoms with Gasteiger partial charge in [-0.25, -0.2) is 9.69 Å². The van der Waals surface area contributed by atoms with E-state index < -0.39 is 23.0 Å². The van der Waals surface area contributed by atoms with Gasteiger partial charge in [-0.3, -0.25) is 14.8 Å². The van der Waals surface area contributed by atoms with Crippen LogP contribution in [0.1, 0.15) is 19.4 Å². The van der Waals surface area contributed by atoms with E-state index in [0.717, 1.165) is 10.5 Å². The Morgan fingerprint density at radius 3 is 2.27 bits per heavy atom. The number of amides is 3. The van der Waals surface area contributed by atoms with Crippen molar-refractivity contribution in [2.75, 3.05) is 4.90 Å². The Hall–Kier alpha value is -3.40. The van der Waals surface area contributed by atoms with Crippen molar-refractivity contribution in [1.82, 2.24) is 14.9 Å². The summed E-state index contributed by atoms with van der Waals surface area (Å²) in [6.07, 6.45) is 3.27. The molecule has 0 atom stereocenters. The molecule has 0 N–H and O–H groups in total. The van der Waals surface area contributed by atoms with Crippen molar-refractivity contribution < 1.29 is 22.8 Å². The zero-order chi connectivity index (χ0) is 23.8. The molecule has 0 spiro atoms. The molecule has 4 rings (SSSR count). The van der Waals surface area contributed by atoms with Crippen molar-refractivity contribution in [2.24, 2.45) is 0 Å². The Kier molecular flexibility index (Phi) is 5.87. The summed E-state index contributed by atoms with van der Waals surface area (Å²) >= 11 is -0.255. The maximum atomic E-state index is 13.2. The van der Waals surface area contributed by atoms with Crippen LogP contribution in [-0.2, 0) is 11.3 Å². The zero-order valence-electron chi connectivity index (χ0n) is 17.7. The lowest BCUT2D eigenvalue weighted by atomic mass is 10.0. The average molecular weight is 472 g/mol. The second kappa shape index (κ2) is 8.51. The molecular weight excluding hydrogens is 453 g/mol. The molecule has 170 valence electrons. The van der Waals surface area contributed by atoms with Crippen LogP contribution < -0.4 is 4.90 Å². The summed E-state index contributed by atoms with van der Waals surface area (Å²) < 4.78 is 37.8. The quantitative estimate of drug-likeness (QED) is 0.362. The highest BCUT2D eigenvalue weighted by molar-refractivity contribution is 8.00. The first-order chi connectivity index (χ1) is 15.6. The van der Waals surface area contributed by atoms with Crippen molar-refractivity contribution in [3.63, 3.8) is 0 Å². The normalized spacial score (nSPS) is 15.9. The zero-order valence-corrected chi connectivity index (χ0v) is 18.5. The number of hydrogen-bond acceptors (Lipinski definition) is 5. The number of urea groups is 1. The number of alkyl halides is 3. The fourth-order valence-corrected chi connectivity index (χ4v) is 4.07. The van der Waals surface area contributed by atoms with E-state index in [-0.39, 0.29) is 28.9 Å². The molecular formula is C23H19F3N4O2S. The molecule has 1 fully saturated rings. The number of thioether (sulfide) groups is 1. The molecule has 1 aliphatic heterocycles. The standard InChI is InChI=1S/C23H19F3N4O2S/c1-22(2)20(31)30(16-6-8-17(9-7-16)33-23(24,25)26)21(32)29(22)14-15-10-12-28-19(13-15)18-5-3-4-11-27-18/h3-13H,14H2,1-2H3. The van der Waals surface area contributed by atoms with Gasteiger partial charge < -0.3 is 4.90 Å². The molecule has 1 aliphatic rings. The summed E-state index contributed by atoms with van der Waals surface area (Å²) in [4.78, 5) is 37.3. The van der Waals surface area contributed by atoms with E-state index >= 15 is 0 Å². The highest BCUT2D eigenvalue weighted by Gasteiger charge is 2.51. The van der Waals surface area contributed by atoms with Gasteiger partial charge in [-0.1, -0.05) is 6.07 Å². The fourth-order valence-electron chi connectivity index (χ4n) is 3.54. The Morgan fingerprint density at radius 1 is 0.939 bits per heavy atom. The topological polar surface area (TPSA) is 66.4 Å². The van der Waals surface area contributed by atoms with Crippen LogP contribution in [0.5, 0.6) is 0 Å². The minimum Gasteiger partial charge on any atom is -0.305 e. The molecule has 0 bridgehead atoms. The first kappa shape index (κ1) is 22.8. The van der Waals surface area contributed by atoms with E-state index in [1.165, 1.54) is 29.2 Å². The molecule has 1 aromatic carbocycles. The van der Waals surface area contributed by atoms with Gasteiger partial charge >= 0.3 is 11.5 Å². The van der Waals surface area contributed by atoms with Crippen molar-refractivity contribution in [3.8, 4) is 11.4 Å². The van der Waals surface area contributed by atoms with Gasteiger partial charge in [0.25, 0.3) is 5.91 Å². The third kappa shape index (κ3) is 4.70. The smallest absolute Gasteiger partial charge is 0.305 e. The largest absolute Gasteiger partial charge is 0.446 e. The Balaban J connectivity index is 1.58. The number of hydrogen-bond donors (Lipinski definition) is 0. The Labute approximate surface area is 192 Å². The van der Waals surface area contributed by atoms with Gasteiger partial charge in [0.05, 0.1) is 17.1 Å². The van der Waals surface area contributed by atoms with Gasteiger partial charge in [0.2, 0.25) is 0 Å². The van der Waals surface area contributed by atoms with E-state index in [4.69, 9.17) is 0 Å². The lowest BCUT2D eigenvalue weighted by Gasteiger charge is -2.27. The lowest BCUT2D eigenvalue weighted by Crippen LogP contribution is -2.43. The maximum absolute atomic E-state index is 13.2. The number of pyridine rings is 2. The van der Waals surface area contributed by atoms with Crippen molar-refractivity contribution in [2.45, 2.75) is 36.3 Å². The summed E-state index contributed by atoms with van der Waals surface area (Å²) in [5.74, 6) is -0.456. The van der Waals surface area contributed by atoms with Gasteiger partial charge in [0.1, 0.15) is 5.54 Å². The van der Waals surface area contributed by atoms with Gasteiger partial charge in [-0.2, -0.15) is 13.2 Å². The van der Waals surface area contributed by atoms with Crippen LogP contribution in [0.25, 0.3) is 11.4 Å². The first-order valence-electron chi connectivity index (χ1n) is 9.94. The number of halogens is 3. The molecule has 2 aromatic heterocycles. The molecule has 0 saturated carbocycles. The Morgan fingerprint density at radius 2 is 1.64 bits per heavy atom. The number of rotatable bonds is 5. The summed E-state index contributed by atoms with van der Waals surface area (Å²) in [7, 11) is 0. The van der Waals surface area contributed by atoms with Crippen molar-refractivity contribution >= 4 is 29.4 Å². The number of carbonyl (C=O) groups is 2. The number of aromatic nitrogens is 2. The van der Waals surface area contributed by atoms with E-state index in [2.05, 4.69) is 9.97 Å². The minimum atomic E-state index is -4.42. The maximum Gasteiger partial charge on any atom is 0.446 e. The van der Waals surface area contributed by atoms with E-state index in [9.17, 15) is 22.8 Å². The van der Waals surface area contributed by atoms with E-state index in [1.54, 1.807) is 38.4 Å². The number of anilines is 1. The van der Waals surface area contributed by atoms with Crippen LogP contribution in [0.3, 0.4) is 0 Å². The third-order valence-electron chi connectivity index (χ3n) is 5.24. The SMILES string of the molecule is CC1(C)C(=O)N(c2ccc(SC(F)(F)F)cc2)C(=O)N1Cc1ccnc(-c2ccccn2)c1. The molecule has 0 aliphatic carbocycles.